The van der Waals surface area contributed by atoms with Gasteiger partial charge in [0, 0.05) is 23.8 Å². The summed E-state index contributed by atoms with van der Waals surface area (Å²) in [5.74, 6) is 0. The van der Waals surface area contributed by atoms with Crippen LogP contribution >= 0.6 is 0 Å². The molecule has 0 unspecified atom stereocenters. The second-order valence-electron chi connectivity index (χ2n) is 5.98. The lowest BCUT2D eigenvalue weighted by Gasteiger charge is -2.08. The summed E-state index contributed by atoms with van der Waals surface area (Å²) in [6.45, 7) is 9.79. The molecular weight excluding hydrogens is 320 g/mol. The van der Waals surface area contributed by atoms with Crippen LogP contribution in [-0.4, -0.2) is 17.4 Å². The Balaban J connectivity index is 0.000000249. The molecule has 128 valence electrons. The first-order chi connectivity index (χ1) is 11.2. The zero-order chi connectivity index (χ0) is 17.9. The van der Waals surface area contributed by atoms with Crippen LogP contribution in [0, 0.1) is 34.6 Å². The van der Waals surface area contributed by atoms with E-state index in [1.54, 1.807) is 43.5 Å². The summed E-state index contributed by atoms with van der Waals surface area (Å²) in [7, 11) is -3.45. The number of nitrogens with zero attached hydrogens (tertiary/aromatic N) is 1. The molecule has 5 heteroatoms. The Hall–Kier alpha value is -2.27. The van der Waals surface area contributed by atoms with Crippen molar-refractivity contribution < 1.29 is 8.42 Å². The monoisotopic (exact) mass is 344 g/mol. The maximum absolute atomic E-state index is 12.3. The molecule has 4 nitrogen and oxygen atoms in total. The van der Waals surface area contributed by atoms with Crippen LogP contribution in [0.5, 0.6) is 0 Å². The number of H-pyrrole nitrogens is 1. The quantitative estimate of drug-likeness (QED) is 0.754. The molecule has 0 saturated carbocycles. The number of benzene rings is 1. The van der Waals surface area contributed by atoms with Crippen LogP contribution in [0.3, 0.4) is 0 Å². The topological polar surface area (TPSA) is 54.9 Å². The molecule has 0 fully saturated rings. The highest BCUT2D eigenvalue weighted by molar-refractivity contribution is 7.90. The zero-order valence-electron chi connectivity index (χ0n) is 14.8. The molecule has 0 spiro atoms. The van der Waals surface area contributed by atoms with Gasteiger partial charge in [-0.15, -0.1) is 0 Å². The standard InChI is InChI=1S/C13H15NO2S.C6H9N/c1-10-4-6-13(7-5-10)17(15,16)14-9-8-11(2)12(14)3;1-5-3-4-7-6(5)2/h4-9H,1-3H3;3-4,7H,1-2H3. The van der Waals surface area contributed by atoms with Crippen LogP contribution in [0.4, 0.5) is 0 Å². The van der Waals surface area contributed by atoms with Gasteiger partial charge in [-0.25, -0.2) is 12.4 Å². The molecule has 2 aromatic heterocycles. The van der Waals surface area contributed by atoms with Crippen LogP contribution in [-0.2, 0) is 10.0 Å². The van der Waals surface area contributed by atoms with Gasteiger partial charge in [-0.3, -0.25) is 0 Å². The first-order valence-corrected chi connectivity index (χ1v) is 9.25. The summed E-state index contributed by atoms with van der Waals surface area (Å²) in [5.41, 5.74) is 5.37. The third-order valence-electron chi connectivity index (χ3n) is 4.16. The van der Waals surface area contributed by atoms with Crippen LogP contribution in [0.1, 0.15) is 28.1 Å². The molecule has 0 aliphatic rings. The zero-order valence-corrected chi connectivity index (χ0v) is 15.6. The Morgan fingerprint density at radius 1 is 0.833 bits per heavy atom. The van der Waals surface area contributed by atoms with Crippen molar-refractivity contribution in [2.24, 2.45) is 0 Å². The highest BCUT2D eigenvalue weighted by Gasteiger charge is 2.18. The Bertz CT molecular complexity index is 900. The molecule has 0 saturated heterocycles. The van der Waals surface area contributed by atoms with E-state index in [1.807, 2.05) is 20.0 Å². The van der Waals surface area contributed by atoms with E-state index in [0.29, 0.717) is 4.90 Å². The lowest BCUT2D eigenvalue weighted by atomic mass is 10.2. The highest BCUT2D eigenvalue weighted by atomic mass is 32.2. The van der Waals surface area contributed by atoms with Gasteiger partial charge in [-0.05, 0) is 70.0 Å². The van der Waals surface area contributed by atoms with Gasteiger partial charge in [0.05, 0.1) is 4.90 Å². The Morgan fingerprint density at radius 3 is 1.83 bits per heavy atom. The predicted octanol–water partition coefficient (Wildman–Crippen LogP) is 4.28. The average molecular weight is 344 g/mol. The fourth-order valence-electron chi connectivity index (χ4n) is 2.20. The van der Waals surface area contributed by atoms with Crippen molar-refractivity contribution in [1.29, 1.82) is 0 Å². The van der Waals surface area contributed by atoms with Gasteiger partial charge in [0.1, 0.15) is 0 Å². The molecule has 0 atom stereocenters. The van der Waals surface area contributed by atoms with Crippen molar-refractivity contribution >= 4 is 10.0 Å². The average Bonchev–Trinajstić information content (AvgIpc) is 3.07. The number of hydrogen-bond donors (Lipinski definition) is 1. The van der Waals surface area contributed by atoms with E-state index >= 15 is 0 Å². The first kappa shape index (κ1) is 18.1. The summed E-state index contributed by atoms with van der Waals surface area (Å²) in [6.07, 6.45) is 3.55. The summed E-state index contributed by atoms with van der Waals surface area (Å²) in [4.78, 5) is 3.39. The van der Waals surface area contributed by atoms with Gasteiger partial charge >= 0.3 is 0 Å². The molecule has 0 aliphatic carbocycles. The molecule has 2 heterocycles. The van der Waals surface area contributed by atoms with Crippen molar-refractivity contribution in [3.05, 3.63) is 76.9 Å². The van der Waals surface area contributed by atoms with Crippen molar-refractivity contribution in [2.45, 2.75) is 39.5 Å². The molecule has 0 radical (unpaired) electrons. The first-order valence-electron chi connectivity index (χ1n) is 7.81. The molecule has 3 rings (SSSR count). The van der Waals surface area contributed by atoms with Gasteiger partial charge < -0.3 is 4.98 Å². The number of aryl methyl sites for hydroxylation is 4. The van der Waals surface area contributed by atoms with E-state index in [0.717, 1.165) is 16.8 Å². The largest absolute Gasteiger partial charge is 0.365 e. The molecule has 0 bridgehead atoms. The van der Waals surface area contributed by atoms with Crippen LogP contribution < -0.4 is 0 Å². The Kier molecular flexibility index (Phi) is 5.34. The Labute approximate surface area is 144 Å². The number of aromatic amines is 1. The second-order valence-corrected chi connectivity index (χ2v) is 7.80. The van der Waals surface area contributed by atoms with Crippen molar-refractivity contribution in [2.75, 3.05) is 0 Å². The molecule has 1 aromatic carbocycles. The van der Waals surface area contributed by atoms with Crippen LogP contribution in [0.25, 0.3) is 0 Å². The van der Waals surface area contributed by atoms with Crippen LogP contribution in [0.15, 0.2) is 53.7 Å². The van der Waals surface area contributed by atoms with Gasteiger partial charge in [0.15, 0.2) is 0 Å². The van der Waals surface area contributed by atoms with Gasteiger partial charge in [0.2, 0.25) is 0 Å². The van der Waals surface area contributed by atoms with Crippen molar-refractivity contribution in [1.82, 2.24) is 8.96 Å². The lowest BCUT2D eigenvalue weighted by Crippen LogP contribution is -2.13. The minimum atomic E-state index is -3.45. The molecule has 0 amide bonds. The van der Waals surface area contributed by atoms with Crippen LogP contribution in [0.2, 0.25) is 0 Å². The molecule has 3 aromatic rings. The van der Waals surface area contributed by atoms with Gasteiger partial charge in [0.25, 0.3) is 10.0 Å². The van der Waals surface area contributed by atoms with E-state index in [-0.39, 0.29) is 0 Å². The number of rotatable bonds is 2. The van der Waals surface area contributed by atoms with E-state index in [2.05, 4.69) is 24.9 Å². The highest BCUT2D eigenvalue weighted by Crippen LogP contribution is 2.18. The summed E-state index contributed by atoms with van der Waals surface area (Å²) in [6, 6.07) is 10.8. The van der Waals surface area contributed by atoms with Gasteiger partial charge in [-0.2, -0.15) is 0 Å². The fraction of sp³-hybridized carbons (Fsp3) is 0.263. The minimum absolute atomic E-state index is 0.321. The third-order valence-corrected chi connectivity index (χ3v) is 5.95. The lowest BCUT2D eigenvalue weighted by molar-refractivity contribution is 0.586. The van der Waals surface area contributed by atoms with E-state index in [1.165, 1.54) is 15.2 Å². The number of nitrogens with one attached hydrogen (secondary N) is 1. The fourth-order valence-corrected chi connectivity index (χ4v) is 3.63. The van der Waals surface area contributed by atoms with Crippen molar-refractivity contribution in [3.8, 4) is 0 Å². The molecule has 1 N–H and O–H groups in total. The summed E-state index contributed by atoms with van der Waals surface area (Å²) >= 11 is 0. The number of hydrogen-bond acceptors (Lipinski definition) is 2. The van der Waals surface area contributed by atoms with Gasteiger partial charge in [-0.1, -0.05) is 17.7 Å². The third kappa shape index (κ3) is 3.79. The summed E-state index contributed by atoms with van der Waals surface area (Å²) in [5, 5.41) is 0. The molecular formula is C19H24N2O2S. The molecule has 0 aliphatic heterocycles. The van der Waals surface area contributed by atoms with E-state index < -0.39 is 10.0 Å². The second kappa shape index (κ2) is 7.09. The van der Waals surface area contributed by atoms with Crippen molar-refractivity contribution in [3.63, 3.8) is 0 Å². The molecule has 24 heavy (non-hydrogen) atoms. The van der Waals surface area contributed by atoms with E-state index in [9.17, 15) is 8.42 Å². The van der Waals surface area contributed by atoms with E-state index in [4.69, 9.17) is 0 Å². The minimum Gasteiger partial charge on any atom is -0.365 e. The maximum atomic E-state index is 12.3. The summed E-state index contributed by atoms with van der Waals surface area (Å²) < 4.78 is 26.0. The SMILES string of the molecule is Cc1cc[nH]c1C.Cc1ccc(S(=O)(=O)n2ccc(C)c2C)cc1. The Morgan fingerprint density at radius 2 is 1.46 bits per heavy atom. The smallest absolute Gasteiger partial charge is 0.267 e. The number of aromatic nitrogens is 2. The predicted molar refractivity (Wildman–Crippen MR) is 97.9 cm³/mol. The maximum Gasteiger partial charge on any atom is 0.267 e. The normalized spacial score (nSPS) is 11.0.